The number of alkyl halides is 2. The Bertz CT molecular complexity index is 960. The lowest BCUT2D eigenvalue weighted by molar-refractivity contribution is -0.248. The molecule has 0 aromatic heterocycles. The van der Waals surface area contributed by atoms with Crippen molar-refractivity contribution >= 4 is 11.6 Å². The van der Waals surface area contributed by atoms with Crippen molar-refractivity contribution in [3.05, 3.63) is 23.8 Å². The molecule has 0 bridgehead atoms. The first-order chi connectivity index (χ1) is 14.8. The summed E-state index contributed by atoms with van der Waals surface area (Å²) < 4.78 is 44.8. The van der Waals surface area contributed by atoms with E-state index in [1.165, 1.54) is 19.1 Å². The molecule has 0 aromatic rings. The fraction of sp³-hybridized carbons (Fsp3) is 0.750. The molecule has 0 radical (unpaired) electrons. The van der Waals surface area contributed by atoms with Crippen LogP contribution in [0.15, 0.2) is 23.8 Å². The van der Waals surface area contributed by atoms with Crippen molar-refractivity contribution < 1.29 is 38.1 Å². The van der Waals surface area contributed by atoms with Gasteiger partial charge in [0.1, 0.15) is 12.8 Å². The summed E-state index contributed by atoms with van der Waals surface area (Å²) in [6.45, 7) is 5.87. The molecule has 5 rings (SSSR count). The number of rotatable bonds is 2. The first-order valence-corrected chi connectivity index (χ1v) is 11.3. The molecule has 0 spiro atoms. The van der Waals surface area contributed by atoms with Gasteiger partial charge in [0.2, 0.25) is 0 Å². The molecule has 3 saturated carbocycles. The number of halogens is 2. The molecule has 1 saturated heterocycles. The number of allylic oxidation sites excluding steroid dienone is 4. The Hall–Kier alpha value is -1.48. The quantitative estimate of drug-likeness (QED) is 0.668. The Kier molecular flexibility index (Phi) is 4.42. The predicted molar refractivity (Wildman–Crippen MR) is 109 cm³/mol. The first-order valence-electron chi connectivity index (χ1n) is 11.3. The molecule has 1 heterocycles. The Morgan fingerprint density at radius 2 is 1.91 bits per heavy atom. The maximum Gasteiger partial charge on any atom is 0.193 e. The normalized spacial score (nSPS) is 53.2. The summed E-state index contributed by atoms with van der Waals surface area (Å²) >= 11 is 0. The highest BCUT2D eigenvalue weighted by Crippen LogP contribution is 2.72. The van der Waals surface area contributed by atoms with Crippen molar-refractivity contribution in [1.82, 2.24) is 0 Å². The number of ether oxygens (including phenoxy) is 2. The minimum atomic E-state index is -2.24. The molecule has 5 aliphatic rings. The van der Waals surface area contributed by atoms with Gasteiger partial charge in [-0.15, -0.1) is 0 Å². The topological polar surface area (TPSA) is 93.1 Å². The summed E-state index contributed by atoms with van der Waals surface area (Å²) in [7, 11) is 0. The molecule has 0 amide bonds. The van der Waals surface area contributed by atoms with E-state index in [0.717, 1.165) is 6.08 Å². The highest BCUT2D eigenvalue weighted by atomic mass is 19.1. The number of carbonyl (C=O) groups is 2. The Morgan fingerprint density at radius 1 is 1.22 bits per heavy atom. The van der Waals surface area contributed by atoms with Gasteiger partial charge in [-0.05, 0) is 63.7 Å². The lowest BCUT2D eigenvalue weighted by Crippen LogP contribution is -2.71. The molecule has 32 heavy (non-hydrogen) atoms. The number of carbonyl (C=O) groups excluding carboxylic acids is 2. The Morgan fingerprint density at radius 3 is 2.56 bits per heavy atom. The number of hydrogen-bond acceptors (Lipinski definition) is 6. The summed E-state index contributed by atoms with van der Waals surface area (Å²) in [6, 6.07) is 0. The van der Waals surface area contributed by atoms with Gasteiger partial charge in [-0.3, -0.25) is 9.59 Å². The Labute approximate surface area is 185 Å². The second kappa shape index (κ2) is 6.34. The monoisotopic (exact) mass is 452 g/mol. The SMILES string of the molecule is CC1(C)O[C@@H]2C[C@H]3[C@@H]4C[C@H](F)C5=CC(=O)C=CC5(C)[C@@]4(F)[C@@H](O)CC3(C)C2(C(=O)CO)O1. The smallest absolute Gasteiger partial charge is 0.193 e. The van der Waals surface area contributed by atoms with E-state index in [1.54, 1.807) is 20.8 Å². The van der Waals surface area contributed by atoms with Crippen molar-refractivity contribution in [2.24, 2.45) is 22.7 Å². The number of hydrogen-bond donors (Lipinski definition) is 2. The Balaban J connectivity index is 1.66. The van der Waals surface area contributed by atoms with Gasteiger partial charge in [0, 0.05) is 16.7 Å². The minimum absolute atomic E-state index is 0.0550. The van der Waals surface area contributed by atoms with Gasteiger partial charge < -0.3 is 19.7 Å². The average molecular weight is 452 g/mol. The zero-order chi connectivity index (χ0) is 23.5. The average Bonchev–Trinajstić information content (AvgIpc) is 3.11. The molecule has 176 valence electrons. The van der Waals surface area contributed by atoms with E-state index in [9.17, 15) is 19.8 Å². The van der Waals surface area contributed by atoms with Gasteiger partial charge in [-0.2, -0.15) is 0 Å². The lowest BCUT2D eigenvalue weighted by Gasteiger charge is -2.63. The molecule has 4 fully saturated rings. The third-order valence-corrected chi connectivity index (χ3v) is 9.18. The number of ketones is 2. The fourth-order valence-electron chi connectivity index (χ4n) is 7.92. The van der Waals surface area contributed by atoms with Crippen molar-refractivity contribution in [3.63, 3.8) is 0 Å². The van der Waals surface area contributed by atoms with Gasteiger partial charge in [0.25, 0.3) is 0 Å². The zero-order valence-electron chi connectivity index (χ0n) is 18.7. The van der Waals surface area contributed by atoms with Crippen LogP contribution in [0.1, 0.15) is 47.0 Å². The highest BCUT2D eigenvalue weighted by Gasteiger charge is 2.80. The highest BCUT2D eigenvalue weighted by molar-refractivity contribution is 6.01. The number of fused-ring (bicyclic) bond motifs is 7. The fourth-order valence-corrected chi connectivity index (χ4v) is 7.92. The van der Waals surface area contributed by atoms with Crippen LogP contribution in [0.5, 0.6) is 0 Å². The minimum Gasteiger partial charge on any atom is -0.390 e. The summed E-state index contributed by atoms with van der Waals surface area (Å²) in [6.07, 6.45) is -0.151. The standard InChI is InChI=1S/C24H30F2O6/c1-20(2)31-19-9-13-14-8-16(25)15-7-12(28)5-6-21(15,3)23(14,26)17(29)10-22(13,4)24(19,32-20)18(30)11-27/h5-7,13-14,16-17,19,27,29H,8-11H2,1-4H3/t13-,14-,16-,17-,19+,21?,22?,23-,24?/m0/s1. The summed E-state index contributed by atoms with van der Waals surface area (Å²) in [5.41, 5.74) is -6.30. The third kappa shape index (κ3) is 2.32. The zero-order valence-corrected chi connectivity index (χ0v) is 18.7. The second-order valence-corrected chi connectivity index (χ2v) is 11.0. The number of aliphatic hydroxyl groups excluding tert-OH is 2. The van der Waals surface area contributed by atoms with E-state index >= 15 is 8.78 Å². The molecule has 2 N–H and O–H groups in total. The molecular weight excluding hydrogens is 422 g/mol. The van der Waals surface area contributed by atoms with Crippen LogP contribution in [-0.4, -0.2) is 63.8 Å². The largest absolute Gasteiger partial charge is 0.390 e. The van der Waals surface area contributed by atoms with Crippen molar-refractivity contribution in [2.75, 3.05) is 6.61 Å². The maximum atomic E-state index is 17.1. The molecule has 8 heteroatoms. The van der Waals surface area contributed by atoms with Gasteiger partial charge in [0.15, 0.2) is 28.6 Å². The van der Waals surface area contributed by atoms with Crippen LogP contribution in [0.4, 0.5) is 8.78 Å². The summed E-state index contributed by atoms with van der Waals surface area (Å²) in [5.74, 6) is -3.53. The van der Waals surface area contributed by atoms with Crippen LogP contribution >= 0.6 is 0 Å². The second-order valence-electron chi connectivity index (χ2n) is 11.0. The summed E-state index contributed by atoms with van der Waals surface area (Å²) in [5, 5.41) is 21.1. The van der Waals surface area contributed by atoms with Gasteiger partial charge in [-0.25, -0.2) is 8.78 Å². The van der Waals surface area contributed by atoms with E-state index < -0.39 is 76.3 Å². The number of aliphatic hydroxyl groups is 2. The van der Waals surface area contributed by atoms with Gasteiger partial charge in [0.05, 0.1) is 12.2 Å². The molecule has 3 unspecified atom stereocenters. The van der Waals surface area contributed by atoms with Crippen molar-refractivity contribution in [3.8, 4) is 0 Å². The molecule has 1 aliphatic heterocycles. The van der Waals surface area contributed by atoms with E-state index in [2.05, 4.69) is 0 Å². The van der Waals surface area contributed by atoms with Crippen molar-refractivity contribution in [2.45, 2.75) is 82.4 Å². The molecular formula is C24H30F2O6. The van der Waals surface area contributed by atoms with E-state index in [-0.39, 0.29) is 24.8 Å². The van der Waals surface area contributed by atoms with E-state index in [0.29, 0.717) is 0 Å². The predicted octanol–water partition coefficient (Wildman–Crippen LogP) is 2.37. The molecule has 6 nitrogen and oxygen atoms in total. The van der Waals surface area contributed by atoms with E-state index in [1.807, 2.05) is 0 Å². The third-order valence-electron chi connectivity index (χ3n) is 9.18. The van der Waals surface area contributed by atoms with Crippen LogP contribution in [0.25, 0.3) is 0 Å². The first kappa shape index (κ1) is 22.3. The maximum absolute atomic E-state index is 17.1. The summed E-state index contributed by atoms with van der Waals surface area (Å²) in [4.78, 5) is 25.1. The molecule has 9 atom stereocenters. The van der Waals surface area contributed by atoms with E-state index in [4.69, 9.17) is 9.47 Å². The number of Topliss-reactive ketones (excluding diaryl/α,β-unsaturated/α-hetero) is 1. The van der Waals surface area contributed by atoms with Crippen LogP contribution < -0.4 is 0 Å². The molecule has 4 aliphatic carbocycles. The van der Waals surface area contributed by atoms with Crippen molar-refractivity contribution in [1.29, 1.82) is 0 Å². The van der Waals surface area contributed by atoms with Crippen LogP contribution in [0.3, 0.4) is 0 Å². The van der Waals surface area contributed by atoms with Gasteiger partial charge in [-0.1, -0.05) is 13.0 Å². The lowest BCUT2D eigenvalue weighted by atomic mass is 9.44. The van der Waals surface area contributed by atoms with Gasteiger partial charge >= 0.3 is 0 Å². The molecule has 0 aromatic carbocycles. The van der Waals surface area contributed by atoms with Crippen LogP contribution in [0.2, 0.25) is 0 Å². The van der Waals surface area contributed by atoms with Crippen LogP contribution in [-0.2, 0) is 19.1 Å². The van der Waals surface area contributed by atoms with Crippen LogP contribution in [0, 0.1) is 22.7 Å².